The molecule has 13 heavy (non-hydrogen) atoms. The fraction of sp³-hybridized carbons (Fsp3) is 0.222. The maximum atomic E-state index is 10.5. The van der Waals surface area contributed by atoms with Crippen LogP contribution < -0.4 is 103 Å². The predicted octanol–water partition coefficient (Wildman–Crippen LogP) is -4.52. The summed E-state index contributed by atoms with van der Waals surface area (Å²) >= 11 is 0. The molecule has 0 radical (unpaired) electrons. The van der Waals surface area contributed by atoms with E-state index in [2.05, 4.69) is 12.1 Å². The second-order valence-electron chi connectivity index (χ2n) is 2.30. The van der Waals surface area contributed by atoms with Crippen molar-refractivity contribution >= 4 is 5.97 Å². The Kier molecular flexibility index (Phi) is 12.3. The van der Waals surface area contributed by atoms with E-state index in [9.17, 15) is 4.79 Å². The van der Waals surface area contributed by atoms with Gasteiger partial charge in [0.05, 0.1) is 0 Å². The number of carboxylic acid groups (broad SMARTS) is 1. The first-order chi connectivity index (χ1) is 5.22. The van der Waals surface area contributed by atoms with Gasteiger partial charge < -0.3 is 17.2 Å². The van der Waals surface area contributed by atoms with Crippen molar-refractivity contribution in [3.8, 4) is 0 Å². The molecule has 1 unspecified atom stereocenters. The molecule has 1 aromatic carbocycles. The van der Waals surface area contributed by atoms with E-state index >= 15 is 0 Å². The molecule has 58 valence electrons. The Morgan fingerprint density at radius 1 is 1.46 bits per heavy atom. The Hall–Kier alpha value is 1.96. The molecule has 0 spiro atoms. The van der Waals surface area contributed by atoms with E-state index in [0.29, 0.717) is 5.56 Å². The molecule has 0 aliphatic carbocycles. The van der Waals surface area contributed by atoms with Gasteiger partial charge in [0.2, 0.25) is 0 Å². The van der Waals surface area contributed by atoms with E-state index in [0.717, 1.165) is 0 Å². The SMILES string of the molecule is CC(C(=O)O)c1[c-]cc[c-]c1.[K+].[K+]. The Balaban J connectivity index is 0. The molecule has 0 bridgehead atoms. The molecule has 0 fully saturated rings. The van der Waals surface area contributed by atoms with Crippen molar-refractivity contribution in [3.05, 3.63) is 35.9 Å². The summed E-state index contributed by atoms with van der Waals surface area (Å²) in [6.07, 6.45) is 0. The molecular weight excluding hydrogens is 218 g/mol. The molecule has 1 aromatic rings. The minimum atomic E-state index is -0.833. The van der Waals surface area contributed by atoms with Crippen LogP contribution >= 0.6 is 0 Å². The summed E-state index contributed by atoms with van der Waals surface area (Å²) in [6, 6.07) is 10.6. The van der Waals surface area contributed by atoms with Gasteiger partial charge in [-0.15, -0.1) is 0 Å². The quantitative estimate of drug-likeness (QED) is 0.408. The number of benzene rings is 1. The molecule has 0 saturated carbocycles. The molecule has 1 rings (SSSR count). The molecule has 1 N–H and O–H groups in total. The average Bonchev–Trinajstić information content (AvgIpc) is 2.05. The van der Waals surface area contributed by atoms with E-state index in [-0.39, 0.29) is 103 Å². The van der Waals surface area contributed by atoms with Crippen LogP contribution in [-0.2, 0) is 4.79 Å². The zero-order chi connectivity index (χ0) is 8.27. The van der Waals surface area contributed by atoms with Crippen LogP contribution in [-0.4, -0.2) is 11.1 Å². The second-order valence-corrected chi connectivity index (χ2v) is 2.30. The average molecular weight is 226 g/mol. The topological polar surface area (TPSA) is 37.3 Å². The van der Waals surface area contributed by atoms with E-state index in [1.54, 1.807) is 25.1 Å². The van der Waals surface area contributed by atoms with Gasteiger partial charge in [0.15, 0.2) is 0 Å². The fourth-order valence-electron chi connectivity index (χ4n) is 0.749. The van der Waals surface area contributed by atoms with Gasteiger partial charge in [-0.3, -0.25) is 28.6 Å². The van der Waals surface area contributed by atoms with Gasteiger partial charge in [0, 0.05) is 5.92 Å². The van der Waals surface area contributed by atoms with Crippen LogP contribution in [0, 0.1) is 12.1 Å². The van der Waals surface area contributed by atoms with Crippen molar-refractivity contribution in [1.29, 1.82) is 0 Å². The summed E-state index contributed by atoms with van der Waals surface area (Å²) in [5, 5.41) is 8.60. The first-order valence-electron chi connectivity index (χ1n) is 3.32. The van der Waals surface area contributed by atoms with E-state index < -0.39 is 11.9 Å². The molecule has 0 amide bonds. The minimum Gasteiger partial charge on any atom is -0.482 e. The van der Waals surface area contributed by atoms with Crippen molar-refractivity contribution < 1.29 is 113 Å². The number of hydrogen-bond acceptors (Lipinski definition) is 1. The van der Waals surface area contributed by atoms with Crippen molar-refractivity contribution in [1.82, 2.24) is 0 Å². The smallest absolute Gasteiger partial charge is 0.482 e. The third kappa shape index (κ3) is 6.19. The van der Waals surface area contributed by atoms with Gasteiger partial charge >= 0.3 is 103 Å². The predicted molar refractivity (Wildman–Crippen MR) is 40.2 cm³/mol. The molecular formula is C9H8K2O2. The maximum Gasteiger partial charge on any atom is 1.00 e. The largest absolute Gasteiger partial charge is 1.00 e. The Labute approximate surface area is 163 Å². The zero-order valence-corrected chi connectivity index (χ0v) is 14.4. The van der Waals surface area contributed by atoms with E-state index in [1.807, 2.05) is 0 Å². The van der Waals surface area contributed by atoms with Crippen molar-refractivity contribution in [2.75, 3.05) is 0 Å². The van der Waals surface area contributed by atoms with Gasteiger partial charge in [-0.1, -0.05) is 6.92 Å². The maximum absolute atomic E-state index is 10.5. The summed E-state index contributed by atoms with van der Waals surface area (Å²) in [4.78, 5) is 10.5. The summed E-state index contributed by atoms with van der Waals surface area (Å²) in [5.74, 6) is -1.33. The summed E-state index contributed by atoms with van der Waals surface area (Å²) < 4.78 is 0. The number of hydrogen-bond donors (Lipinski definition) is 1. The number of carbonyl (C=O) groups is 1. The van der Waals surface area contributed by atoms with E-state index in [1.165, 1.54) is 0 Å². The first-order valence-corrected chi connectivity index (χ1v) is 3.32. The number of rotatable bonds is 2. The molecule has 0 saturated heterocycles. The summed E-state index contributed by atoms with van der Waals surface area (Å²) in [7, 11) is 0. The summed E-state index contributed by atoms with van der Waals surface area (Å²) in [5.41, 5.74) is 0.667. The van der Waals surface area contributed by atoms with Crippen LogP contribution in [0.5, 0.6) is 0 Å². The molecule has 4 heteroatoms. The molecule has 0 aliphatic heterocycles. The third-order valence-electron chi connectivity index (χ3n) is 1.51. The monoisotopic (exact) mass is 226 g/mol. The molecule has 0 aromatic heterocycles. The van der Waals surface area contributed by atoms with Crippen LogP contribution in [0.2, 0.25) is 0 Å². The summed E-state index contributed by atoms with van der Waals surface area (Å²) in [6.45, 7) is 1.63. The molecule has 2 nitrogen and oxygen atoms in total. The third-order valence-corrected chi connectivity index (χ3v) is 1.51. The van der Waals surface area contributed by atoms with Gasteiger partial charge in [-0.2, -0.15) is 0 Å². The van der Waals surface area contributed by atoms with Gasteiger partial charge in [0.25, 0.3) is 5.97 Å². The molecule has 0 aliphatic rings. The fourth-order valence-corrected chi connectivity index (χ4v) is 0.749. The van der Waals surface area contributed by atoms with Crippen molar-refractivity contribution in [3.63, 3.8) is 0 Å². The van der Waals surface area contributed by atoms with Gasteiger partial charge in [0.1, 0.15) is 0 Å². The first kappa shape index (κ1) is 17.4. The van der Waals surface area contributed by atoms with Crippen molar-refractivity contribution in [2.45, 2.75) is 12.8 Å². The van der Waals surface area contributed by atoms with Gasteiger partial charge in [-0.05, 0) is 0 Å². The minimum absolute atomic E-state index is 0. The Morgan fingerprint density at radius 3 is 2.46 bits per heavy atom. The van der Waals surface area contributed by atoms with Crippen LogP contribution in [0.1, 0.15) is 18.4 Å². The standard InChI is InChI=1S/C9H8O2.2K/c1-7(9(10)11)8-5-3-2-4-6-8;;/h2-3,6-7H,1H3,(H,10,11);;/q-2;2*+1. The number of carboxylic acids is 1. The number of aliphatic carboxylic acids is 1. The van der Waals surface area contributed by atoms with E-state index in [4.69, 9.17) is 5.11 Å². The van der Waals surface area contributed by atoms with Crippen LogP contribution in [0.3, 0.4) is 0 Å². The Morgan fingerprint density at radius 2 is 2.08 bits per heavy atom. The molecule has 1 atom stereocenters. The Bertz CT molecular complexity index is 249. The zero-order valence-electron chi connectivity index (χ0n) is 8.16. The van der Waals surface area contributed by atoms with Crippen LogP contribution in [0.25, 0.3) is 0 Å². The second kappa shape index (κ2) is 9.21. The normalized spacial score (nSPS) is 10.5. The molecule has 0 heterocycles. The van der Waals surface area contributed by atoms with Crippen LogP contribution in [0.15, 0.2) is 18.2 Å². The van der Waals surface area contributed by atoms with Crippen molar-refractivity contribution in [2.24, 2.45) is 0 Å². The van der Waals surface area contributed by atoms with Crippen LogP contribution in [0.4, 0.5) is 0 Å². The van der Waals surface area contributed by atoms with Gasteiger partial charge in [-0.25, -0.2) is 0 Å².